The number of carbonyl (C=O) groups excluding carboxylic acids is 3. The Labute approximate surface area is 269 Å². The molecule has 10 heteroatoms. The number of Topliss-reactive ketones (excluding diaryl/α,β-unsaturated/α-hetero) is 2. The van der Waals surface area contributed by atoms with Crippen molar-refractivity contribution >= 4 is 23.2 Å². The van der Waals surface area contributed by atoms with Gasteiger partial charge in [0.2, 0.25) is 5.78 Å². The zero-order valence-corrected chi connectivity index (χ0v) is 25.4. The Kier molecular flexibility index (Phi) is 7.76. The molecule has 10 nitrogen and oxygen atoms in total. The summed E-state index contributed by atoms with van der Waals surface area (Å²) in [4.78, 5) is 38.6. The molecule has 47 heavy (non-hydrogen) atoms. The second-order valence-electron chi connectivity index (χ2n) is 11.5. The third kappa shape index (κ3) is 5.15. The number of phenolic OH excluding ortho intramolecular Hbond substituents is 1. The molecule has 0 heterocycles. The minimum atomic E-state index is -2.66. The maximum Gasteiger partial charge on any atom is 0.255 e. The molecule has 0 aliphatic heterocycles. The lowest BCUT2D eigenvalue weighted by molar-refractivity contribution is -0.147. The highest BCUT2D eigenvalue weighted by Crippen LogP contribution is 2.52. The topological polar surface area (TPSA) is 177 Å². The number of aliphatic hydroxyl groups excluding tert-OH is 2. The number of hydrogen-bond acceptors (Lipinski definition) is 9. The van der Waals surface area contributed by atoms with Crippen molar-refractivity contribution < 1.29 is 44.3 Å². The molecule has 6 rings (SSSR count). The Morgan fingerprint density at radius 3 is 1.94 bits per heavy atom. The molecule has 3 aromatic rings. The molecule has 0 spiro atoms. The van der Waals surface area contributed by atoms with Gasteiger partial charge in [0.15, 0.2) is 11.4 Å². The molecule has 236 valence electrons. The lowest BCUT2D eigenvalue weighted by atomic mass is 9.59. The van der Waals surface area contributed by atoms with Crippen LogP contribution in [0.25, 0.3) is 5.76 Å². The number of methoxy groups -OCH3 is 2. The Bertz CT molecular complexity index is 2050. The van der Waals surface area contributed by atoms with Crippen LogP contribution in [0.15, 0.2) is 71.5 Å². The van der Waals surface area contributed by atoms with Crippen LogP contribution in [-0.2, 0) is 20.8 Å². The van der Waals surface area contributed by atoms with Crippen LogP contribution in [0.3, 0.4) is 0 Å². The summed E-state index contributed by atoms with van der Waals surface area (Å²) in [6, 6.07) is 15.6. The number of phenols is 1. The maximum atomic E-state index is 13.9. The average molecular weight is 632 g/mol. The monoisotopic (exact) mass is 631 g/mol. The molecule has 3 aliphatic carbocycles. The van der Waals surface area contributed by atoms with E-state index in [4.69, 9.17) is 15.2 Å². The predicted molar refractivity (Wildman–Crippen MR) is 169 cm³/mol. The van der Waals surface area contributed by atoms with Crippen molar-refractivity contribution in [3.05, 3.63) is 105 Å². The summed E-state index contributed by atoms with van der Waals surface area (Å²) in [6.45, 7) is 0. The van der Waals surface area contributed by atoms with E-state index < -0.39 is 64.2 Å². The minimum Gasteiger partial charge on any atom is -0.508 e. The number of primary amides is 1. The molecular weight excluding hydrogens is 602 g/mol. The number of rotatable bonds is 3. The normalized spacial score (nSPS) is 21.3. The number of ether oxygens (including phenoxy) is 2. The van der Waals surface area contributed by atoms with Gasteiger partial charge in [-0.1, -0.05) is 23.7 Å². The van der Waals surface area contributed by atoms with E-state index in [-0.39, 0.29) is 29.5 Å². The summed E-state index contributed by atoms with van der Waals surface area (Å²) in [7, 11) is 3.10. The Hall–Kier alpha value is -5.97. The van der Waals surface area contributed by atoms with Crippen LogP contribution in [0.1, 0.15) is 46.2 Å². The van der Waals surface area contributed by atoms with Crippen molar-refractivity contribution in [2.24, 2.45) is 17.6 Å². The van der Waals surface area contributed by atoms with Crippen LogP contribution in [0.4, 0.5) is 0 Å². The highest BCUT2D eigenvalue weighted by molar-refractivity contribution is 6.22. The lowest BCUT2D eigenvalue weighted by Crippen LogP contribution is -2.58. The second kappa shape index (κ2) is 11.8. The molecule has 1 amide bonds. The molecule has 0 bridgehead atoms. The number of benzene rings is 3. The Balaban J connectivity index is 1.53. The van der Waals surface area contributed by atoms with Crippen LogP contribution in [0.2, 0.25) is 0 Å². The van der Waals surface area contributed by atoms with E-state index in [0.29, 0.717) is 33.8 Å². The average Bonchev–Trinajstić information content (AvgIpc) is 3.05. The van der Waals surface area contributed by atoms with Crippen LogP contribution in [0, 0.1) is 35.5 Å². The SMILES string of the molecule is COc1ccc(C#Cc2cc(C#Cc3ccc(OC)cc3)c3c(c2O)C(O)=C2C(=O)C4(O)C(O)=C(C(N)=O)C(=O)CC4CC2C3)cc1. The number of fused-ring (bicyclic) bond motifs is 3. The summed E-state index contributed by atoms with van der Waals surface area (Å²) < 4.78 is 10.4. The fourth-order valence-corrected chi connectivity index (χ4v) is 6.52. The summed E-state index contributed by atoms with van der Waals surface area (Å²) in [5.74, 6) is 6.34. The van der Waals surface area contributed by atoms with E-state index in [1.807, 2.05) is 0 Å². The molecule has 3 aliphatic rings. The summed E-state index contributed by atoms with van der Waals surface area (Å²) in [5, 5.41) is 45.6. The number of hydrogen-bond donors (Lipinski definition) is 5. The molecule has 3 aromatic carbocycles. The summed E-state index contributed by atoms with van der Waals surface area (Å²) in [5.41, 5.74) is 3.74. The predicted octanol–water partition coefficient (Wildman–Crippen LogP) is 3.24. The van der Waals surface area contributed by atoms with Gasteiger partial charge in [-0.25, -0.2) is 0 Å². The van der Waals surface area contributed by atoms with Crippen molar-refractivity contribution in [2.75, 3.05) is 14.2 Å². The van der Waals surface area contributed by atoms with Crippen LogP contribution < -0.4 is 15.2 Å². The first-order valence-electron chi connectivity index (χ1n) is 14.7. The fourth-order valence-electron chi connectivity index (χ4n) is 6.52. The minimum absolute atomic E-state index is 0.00799. The number of nitrogens with two attached hydrogens (primary N) is 1. The van der Waals surface area contributed by atoms with E-state index >= 15 is 0 Å². The lowest BCUT2D eigenvalue weighted by Gasteiger charge is -2.46. The van der Waals surface area contributed by atoms with E-state index in [9.17, 15) is 34.8 Å². The number of aliphatic hydroxyl groups is 3. The quantitative estimate of drug-likeness (QED) is 0.215. The van der Waals surface area contributed by atoms with Gasteiger partial charge in [-0.2, -0.15) is 0 Å². The van der Waals surface area contributed by atoms with Crippen LogP contribution in [-0.4, -0.2) is 57.7 Å². The largest absolute Gasteiger partial charge is 0.508 e. The van der Waals surface area contributed by atoms with E-state index in [1.54, 1.807) is 68.8 Å². The van der Waals surface area contributed by atoms with Gasteiger partial charge in [-0.15, -0.1) is 0 Å². The van der Waals surface area contributed by atoms with Crippen molar-refractivity contribution in [3.8, 4) is 40.9 Å². The van der Waals surface area contributed by atoms with Gasteiger partial charge >= 0.3 is 0 Å². The summed E-state index contributed by atoms with van der Waals surface area (Å²) in [6.07, 6.45) is -0.286. The molecule has 1 saturated carbocycles. The van der Waals surface area contributed by atoms with Gasteiger partial charge in [0, 0.05) is 34.6 Å². The second-order valence-corrected chi connectivity index (χ2v) is 11.5. The molecule has 3 unspecified atom stereocenters. The highest BCUT2D eigenvalue weighted by Gasteiger charge is 2.60. The fraction of sp³-hybridized carbons (Fsp3) is 0.216. The standard InChI is InChI=1S/C37H29NO9/c1-46-25-11-5-19(6-12-25)3-9-21-15-22(10-4-20-7-13-26(47-2)14-8-20)32(40)30-27(21)17-23-16-24-18-28(39)31(36(38)44)35(43)37(24,45)34(42)29(23)33(30)41/h5-8,11-15,23-24,40-41,43,45H,16-18H2,1-2H3,(H2,38,44). The zero-order chi connectivity index (χ0) is 33.6. The van der Waals surface area contributed by atoms with E-state index in [2.05, 4.69) is 23.7 Å². The first kappa shape index (κ1) is 31.0. The van der Waals surface area contributed by atoms with Gasteiger partial charge in [0.1, 0.15) is 34.3 Å². The van der Waals surface area contributed by atoms with Gasteiger partial charge in [-0.05, 0) is 78.9 Å². The molecule has 0 radical (unpaired) electrons. The Morgan fingerprint density at radius 1 is 0.851 bits per heavy atom. The molecule has 3 atom stereocenters. The summed E-state index contributed by atoms with van der Waals surface area (Å²) >= 11 is 0. The molecule has 1 fully saturated rings. The molecular formula is C37H29NO9. The first-order chi connectivity index (χ1) is 22.5. The highest BCUT2D eigenvalue weighted by atomic mass is 16.5. The number of carbonyl (C=O) groups is 3. The molecule has 0 saturated heterocycles. The third-order valence-electron chi connectivity index (χ3n) is 8.93. The first-order valence-corrected chi connectivity index (χ1v) is 14.7. The van der Waals surface area contributed by atoms with Crippen molar-refractivity contribution in [2.45, 2.75) is 24.9 Å². The van der Waals surface area contributed by atoms with Crippen LogP contribution in [0.5, 0.6) is 17.2 Å². The van der Waals surface area contributed by atoms with Crippen molar-refractivity contribution in [1.82, 2.24) is 0 Å². The van der Waals surface area contributed by atoms with Gasteiger partial charge in [0.25, 0.3) is 5.91 Å². The smallest absolute Gasteiger partial charge is 0.255 e. The third-order valence-corrected chi connectivity index (χ3v) is 8.93. The van der Waals surface area contributed by atoms with E-state index in [1.165, 1.54) is 0 Å². The molecule has 0 aromatic heterocycles. The van der Waals surface area contributed by atoms with Crippen molar-refractivity contribution in [1.29, 1.82) is 0 Å². The number of amides is 1. The van der Waals surface area contributed by atoms with Crippen molar-refractivity contribution in [3.63, 3.8) is 0 Å². The number of ketones is 2. The molecule has 6 N–H and O–H groups in total. The zero-order valence-electron chi connectivity index (χ0n) is 25.4. The maximum absolute atomic E-state index is 13.9. The Morgan fingerprint density at radius 2 is 1.40 bits per heavy atom. The number of aromatic hydroxyl groups is 1. The van der Waals surface area contributed by atoms with E-state index in [0.717, 1.165) is 0 Å². The van der Waals surface area contributed by atoms with Gasteiger partial charge in [0.05, 0.1) is 25.3 Å². The van der Waals surface area contributed by atoms with Crippen LogP contribution >= 0.6 is 0 Å². The van der Waals surface area contributed by atoms with Gasteiger partial charge in [-0.3, -0.25) is 14.4 Å². The van der Waals surface area contributed by atoms with Gasteiger partial charge < -0.3 is 35.6 Å².